The lowest BCUT2D eigenvalue weighted by Crippen LogP contribution is -2.28. The van der Waals surface area contributed by atoms with Gasteiger partial charge in [0.2, 0.25) is 0 Å². The zero-order chi connectivity index (χ0) is 15.2. The second-order valence-electron chi connectivity index (χ2n) is 6.37. The molecule has 0 saturated heterocycles. The monoisotopic (exact) mass is 278 g/mol. The largest absolute Gasteiger partial charge is 0.508 e. The number of phenolic OH excluding ortho intramolecular Hbond substituents is 1. The van der Waals surface area contributed by atoms with Crippen molar-refractivity contribution in [2.45, 2.75) is 59.0 Å². The normalized spacial score (nSPS) is 14.8. The number of hydrogen-bond donors (Lipinski definition) is 1. The Bertz CT molecular complexity index is 427. The third kappa shape index (κ3) is 7.82. The molecule has 0 aliphatic heterocycles. The van der Waals surface area contributed by atoms with Gasteiger partial charge in [-0.25, -0.2) is 0 Å². The summed E-state index contributed by atoms with van der Waals surface area (Å²) >= 11 is 0. The van der Waals surface area contributed by atoms with E-state index in [1.165, 1.54) is 19.3 Å². The molecule has 0 bridgehead atoms. The van der Waals surface area contributed by atoms with Crippen molar-refractivity contribution in [3.8, 4) is 5.75 Å². The van der Waals surface area contributed by atoms with Crippen molar-refractivity contribution >= 4 is 5.97 Å². The summed E-state index contributed by atoms with van der Waals surface area (Å²) in [4.78, 5) is 11.8. The van der Waals surface area contributed by atoms with Gasteiger partial charge >= 0.3 is 5.97 Å². The Hall–Kier alpha value is -1.51. The van der Waals surface area contributed by atoms with Gasteiger partial charge in [0.15, 0.2) is 0 Å². The second-order valence-corrected chi connectivity index (χ2v) is 6.37. The van der Waals surface area contributed by atoms with Crippen molar-refractivity contribution in [2.24, 2.45) is 5.92 Å². The molecule has 1 aromatic rings. The lowest BCUT2D eigenvalue weighted by Gasteiger charge is -2.22. The molecule has 1 aliphatic carbocycles. The Morgan fingerprint density at radius 2 is 1.90 bits per heavy atom. The quantitative estimate of drug-likeness (QED) is 0.847. The summed E-state index contributed by atoms with van der Waals surface area (Å²) in [6, 6.07) is 6.94. The van der Waals surface area contributed by atoms with E-state index in [9.17, 15) is 9.90 Å². The van der Waals surface area contributed by atoms with Crippen molar-refractivity contribution in [2.75, 3.05) is 0 Å². The van der Waals surface area contributed by atoms with Crippen LogP contribution in [0.3, 0.4) is 0 Å². The van der Waals surface area contributed by atoms with Crippen LogP contribution in [0.5, 0.6) is 5.75 Å². The molecular weight excluding hydrogens is 252 g/mol. The Morgan fingerprint density at radius 1 is 1.30 bits per heavy atom. The zero-order valence-electron chi connectivity index (χ0n) is 13.0. The van der Waals surface area contributed by atoms with Gasteiger partial charge < -0.3 is 9.84 Å². The van der Waals surface area contributed by atoms with Crippen LogP contribution < -0.4 is 0 Å². The number of aromatic hydroxyl groups is 1. The fraction of sp³-hybridized carbons (Fsp3) is 0.588. The van der Waals surface area contributed by atoms with Gasteiger partial charge in [-0.15, -0.1) is 0 Å². The van der Waals surface area contributed by atoms with E-state index in [4.69, 9.17) is 4.74 Å². The van der Waals surface area contributed by atoms with Crippen LogP contribution >= 0.6 is 0 Å². The van der Waals surface area contributed by atoms with Gasteiger partial charge in [-0.2, -0.15) is 0 Å². The van der Waals surface area contributed by atoms with E-state index in [2.05, 4.69) is 0 Å². The van der Waals surface area contributed by atoms with Crippen molar-refractivity contribution < 1.29 is 14.6 Å². The topological polar surface area (TPSA) is 46.5 Å². The number of phenols is 1. The molecule has 0 spiro atoms. The van der Waals surface area contributed by atoms with E-state index in [-0.39, 0.29) is 17.6 Å². The average Bonchev–Trinajstić information content (AvgIpc) is 3.13. The molecule has 1 fully saturated rings. The summed E-state index contributed by atoms with van der Waals surface area (Å²) in [7, 11) is 0. The molecule has 0 amide bonds. The maximum Gasteiger partial charge on any atom is 0.309 e. The first-order valence-electron chi connectivity index (χ1n) is 7.29. The molecular formula is C17H26O3. The molecule has 1 unspecified atom stereocenters. The molecule has 1 atom stereocenters. The predicted molar refractivity (Wildman–Crippen MR) is 80.7 cm³/mol. The zero-order valence-corrected chi connectivity index (χ0v) is 13.0. The lowest BCUT2D eigenvalue weighted by atomic mass is 10.0. The Morgan fingerprint density at radius 3 is 2.35 bits per heavy atom. The molecule has 1 saturated carbocycles. The molecule has 20 heavy (non-hydrogen) atoms. The van der Waals surface area contributed by atoms with E-state index >= 15 is 0 Å². The second kappa shape index (κ2) is 7.32. The first-order valence-corrected chi connectivity index (χ1v) is 7.29. The van der Waals surface area contributed by atoms with Crippen molar-refractivity contribution in [3.63, 3.8) is 0 Å². The highest BCUT2D eigenvalue weighted by Crippen LogP contribution is 2.18. The number of ether oxygens (including phenoxy) is 1. The SMILES string of the molecule is C1CC1.CC(Cc1cccc(O)c1)C(=O)OC(C)(C)C. The van der Waals surface area contributed by atoms with Crippen LogP contribution in [0, 0.1) is 5.92 Å². The summed E-state index contributed by atoms with van der Waals surface area (Å²) < 4.78 is 5.30. The fourth-order valence-corrected chi connectivity index (χ4v) is 1.52. The summed E-state index contributed by atoms with van der Waals surface area (Å²) in [5.41, 5.74) is 0.479. The highest BCUT2D eigenvalue weighted by atomic mass is 16.6. The molecule has 3 nitrogen and oxygen atoms in total. The minimum atomic E-state index is -0.454. The van der Waals surface area contributed by atoms with Gasteiger partial charge in [0.05, 0.1) is 5.92 Å². The molecule has 0 radical (unpaired) electrons. The highest BCUT2D eigenvalue weighted by Gasteiger charge is 2.21. The van der Waals surface area contributed by atoms with Gasteiger partial charge in [-0.3, -0.25) is 4.79 Å². The van der Waals surface area contributed by atoms with Gasteiger partial charge in [0.25, 0.3) is 0 Å². The first kappa shape index (κ1) is 16.5. The minimum absolute atomic E-state index is 0.208. The Kier molecular flexibility index (Phi) is 6.05. The van der Waals surface area contributed by atoms with Crippen molar-refractivity contribution in [1.82, 2.24) is 0 Å². The van der Waals surface area contributed by atoms with Crippen molar-refractivity contribution in [1.29, 1.82) is 0 Å². The summed E-state index contributed by atoms with van der Waals surface area (Å²) in [5.74, 6) is -0.198. The first-order chi connectivity index (χ1) is 9.28. The van der Waals surface area contributed by atoms with E-state index in [0.29, 0.717) is 6.42 Å². The van der Waals surface area contributed by atoms with Gasteiger partial charge in [0.1, 0.15) is 11.4 Å². The van der Waals surface area contributed by atoms with Crippen LogP contribution in [0.25, 0.3) is 0 Å². The summed E-state index contributed by atoms with van der Waals surface area (Å²) in [6.07, 6.45) is 5.07. The van der Waals surface area contributed by atoms with E-state index < -0.39 is 5.60 Å². The Labute approximate surface area is 122 Å². The standard InChI is InChI=1S/C14H20O3.C3H6/c1-10(13(16)17-14(2,3)4)8-11-6-5-7-12(15)9-11;1-2-3-1/h5-7,9-10,15H,8H2,1-4H3;1-3H2. The molecule has 112 valence electrons. The molecule has 0 aromatic heterocycles. The van der Waals surface area contributed by atoms with Crippen LogP contribution in [-0.2, 0) is 16.0 Å². The fourth-order valence-electron chi connectivity index (χ4n) is 1.52. The minimum Gasteiger partial charge on any atom is -0.508 e. The summed E-state index contributed by atoms with van der Waals surface area (Å²) in [6.45, 7) is 7.39. The predicted octanol–water partition coefficient (Wildman–Crippen LogP) is 4.08. The number of benzene rings is 1. The van der Waals surface area contributed by atoms with Gasteiger partial charge in [0, 0.05) is 0 Å². The third-order valence-electron chi connectivity index (χ3n) is 2.62. The summed E-state index contributed by atoms with van der Waals surface area (Å²) in [5, 5.41) is 9.33. The van der Waals surface area contributed by atoms with Crippen LogP contribution in [0.15, 0.2) is 24.3 Å². The van der Waals surface area contributed by atoms with Crippen LogP contribution in [-0.4, -0.2) is 16.7 Å². The number of esters is 1. The maximum atomic E-state index is 11.8. The van der Waals surface area contributed by atoms with Crippen molar-refractivity contribution in [3.05, 3.63) is 29.8 Å². The molecule has 2 rings (SSSR count). The van der Waals surface area contributed by atoms with Crippen LogP contribution in [0.4, 0.5) is 0 Å². The van der Waals surface area contributed by atoms with Crippen LogP contribution in [0.2, 0.25) is 0 Å². The third-order valence-corrected chi connectivity index (χ3v) is 2.62. The van der Waals surface area contributed by atoms with Gasteiger partial charge in [-0.05, 0) is 44.9 Å². The van der Waals surface area contributed by atoms with E-state index in [1.807, 2.05) is 33.8 Å². The van der Waals surface area contributed by atoms with E-state index in [0.717, 1.165) is 5.56 Å². The lowest BCUT2D eigenvalue weighted by molar-refractivity contribution is -0.159. The molecule has 1 aromatic carbocycles. The number of hydrogen-bond acceptors (Lipinski definition) is 3. The maximum absolute atomic E-state index is 11.8. The molecule has 1 aliphatic rings. The number of rotatable bonds is 3. The molecule has 1 N–H and O–H groups in total. The van der Waals surface area contributed by atoms with Crippen LogP contribution in [0.1, 0.15) is 52.5 Å². The number of carbonyl (C=O) groups excluding carboxylic acids is 1. The smallest absolute Gasteiger partial charge is 0.309 e. The van der Waals surface area contributed by atoms with Gasteiger partial charge in [-0.1, -0.05) is 38.3 Å². The Balaban J connectivity index is 0.000000584. The molecule has 0 heterocycles. The average molecular weight is 278 g/mol. The molecule has 3 heteroatoms. The van der Waals surface area contributed by atoms with E-state index in [1.54, 1.807) is 18.2 Å². The highest BCUT2D eigenvalue weighted by molar-refractivity contribution is 5.72. The number of carbonyl (C=O) groups is 1.